The summed E-state index contributed by atoms with van der Waals surface area (Å²) < 4.78 is 0. The van der Waals surface area contributed by atoms with Gasteiger partial charge in [-0.2, -0.15) is 5.10 Å². The Balaban J connectivity index is 2.04. The second-order valence-electron chi connectivity index (χ2n) is 4.62. The summed E-state index contributed by atoms with van der Waals surface area (Å²) in [6.45, 7) is 2.46. The predicted molar refractivity (Wildman–Crippen MR) is 91.0 cm³/mol. The number of amides is 1. The van der Waals surface area contributed by atoms with Gasteiger partial charge in [0.25, 0.3) is 5.91 Å². The van der Waals surface area contributed by atoms with Gasteiger partial charge in [-0.15, -0.1) is 0 Å². The number of nitrogens with zero attached hydrogens (tertiary/aromatic N) is 1. The van der Waals surface area contributed by atoms with Gasteiger partial charge in [-0.25, -0.2) is 5.43 Å². The SMILES string of the molecule is C/C=C/C=N/NC(=O)c1ccccc1CNc1ccccc1. The number of allylic oxidation sites excluding steroid dienone is 2. The normalized spacial score (nSPS) is 11.0. The van der Waals surface area contributed by atoms with Crippen LogP contribution < -0.4 is 10.7 Å². The van der Waals surface area contributed by atoms with Crippen molar-refractivity contribution in [2.75, 3.05) is 5.32 Å². The first kappa shape index (κ1) is 15.5. The Hall–Kier alpha value is -2.88. The molecule has 0 saturated heterocycles. The Bertz CT molecular complexity index is 663. The summed E-state index contributed by atoms with van der Waals surface area (Å²) in [4.78, 5) is 12.2. The van der Waals surface area contributed by atoms with Crippen molar-refractivity contribution in [2.24, 2.45) is 5.10 Å². The molecular formula is C18H19N3O. The van der Waals surface area contributed by atoms with Crippen LogP contribution >= 0.6 is 0 Å². The Morgan fingerprint density at radius 3 is 2.59 bits per heavy atom. The molecule has 0 spiro atoms. The number of benzene rings is 2. The van der Waals surface area contributed by atoms with E-state index in [1.165, 1.54) is 0 Å². The van der Waals surface area contributed by atoms with Gasteiger partial charge in [0.1, 0.15) is 0 Å². The summed E-state index contributed by atoms with van der Waals surface area (Å²) in [6, 6.07) is 17.4. The Labute approximate surface area is 130 Å². The van der Waals surface area contributed by atoms with Crippen LogP contribution in [0.4, 0.5) is 5.69 Å². The highest BCUT2D eigenvalue weighted by Gasteiger charge is 2.09. The second-order valence-corrected chi connectivity index (χ2v) is 4.62. The van der Waals surface area contributed by atoms with Crippen LogP contribution in [-0.2, 0) is 6.54 Å². The number of anilines is 1. The van der Waals surface area contributed by atoms with Gasteiger partial charge in [-0.05, 0) is 36.8 Å². The zero-order valence-electron chi connectivity index (χ0n) is 12.5. The maximum atomic E-state index is 12.2. The van der Waals surface area contributed by atoms with E-state index in [-0.39, 0.29) is 5.91 Å². The quantitative estimate of drug-likeness (QED) is 0.631. The van der Waals surface area contributed by atoms with E-state index in [0.717, 1.165) is 11.3 Å². The molecule has 2 N–H and O–H groups in total. The molecule has 4 heteroatoms. The number of hydrogen-bond donors (Lipinski definition) is 2. The van der Waals surface area contributed by atoms with Crippen molar-refractivity contribution >= 4 is 17.8 Å². The average molecular weight is 293 g/mol. The molecule has 0 fully saturated rings. The summed E-state index contributed by atoms with van der Waals surface area (Å²) in [5.74, 6) is -0.216. The molecule has 0 aromatic heterocycles. The number of para-hydroxylation sites is 1. The Kier molecular flexibility index (Phi) is 5.93. The monoisotopic (exact) mass is 293 g/mol. The van der Waals surface area contributed by atoms with Gasteiger partial charge in [-0.1, -0.05) is 42.5 Å². The molecule has 4 nitrogen and oxygen atoms in total. The minimum Gasteiger partial charge on any atom is -0.381 e. The topological polar surface area (TPSA) is 53.5 Å². The first-order valence-corrected chi connectivity index (χ1v) is 7.13. The molecule has 2 rings (SSSR count). The molecule has 0 radical (unpaired) electrons. The third-order valence-corrected chi connectivity index (χ3v) is 3.04. The van der Waals surface area contributed by atoms with Gasteiger partial charge < -0.3 is 5.32 Å². The van der Waals surface area contributed by atoms with Gasteiger partial charge in [0.15, 0.2) is 0 Å². The van der Waals surface area contributed by atoms with Crippen LogP contribution in [0.25, 0.3) is 0 Å². The van der Waals surface area contributed by atoms with Gasteiger partial charge in [0, 0.05) is 24.0 Å². The maximum absolute atomic E-state index is 12.2. The molecule has 0 saturated carbocycles. The lowest BCUT2D eigenvalue weighted by molar-refractivity contribution is 0.0954. The Morgan fingerprint density at radius 1 is 1.09 bits per heavy atom. The minimum absolute atomic E-state index is 0.216. The summed E-state index contributed by atoms with van der Waals surface area (Å²) in [5, 5.41) is 7.17. The molecule has 112 valence electrons. The van der Waals surface area contributed by atoms with E-state index in [2.05, 4.69) is 15.8 Å². The van der Waals surface area contributed by atoms with Crippen LogP contribution in [0.3, 0.4) is 0 Å². The third kappa shape index (κ3) is 4.59. The van der Waals surface area contributed by atoms with Crippen molar-refractivity contribution < 1.29 is 4.79 Å². The number of carbonyl (C=O) groups is 1. The molecule has 0 aliphatic rings. The highest BCUT2D eigenvalue weighted by molar-refractivity contribution is 5.96. The summed E-state index contributed by atoms with van der Waals surface area (Å²) >= 11 is 0. The van der Waals surface area contributed by atoms with Crippen molar-refractivity contribution in [1.82, 2.24) is 5.43 Å². The molecule has 0 bridgehead atoms. The zero-order chi connectivity index (χ0) is 15.6. The highest BCUT2D eigenvalue weighted by atomic mass is 16.2. The molecule has 2 aromatic carbocycles. The van der Waals surface area contributed by atoms with Crippen LogP contribution in [0.2, 0.25) is 0 Å². The van der Waals surface area contributed by atoms with E-state index in [4.69, 9.17) is 0 Å². The first-order valence-electron chi connectivity index (χ1n) is 7.13. The van der Waals surface area contributed by atoms with Crippen molar-refractivity contribution in [3.05, 3.63) is 77.9 Å². The van der Waals surface area contributed by atoms with Gasteiger partial charge in [0.05, 0.1) is 0 Å². The van der Waals surface area contributed by atoms with E-state index >= 15 is 0 Å². The predicted octanol–water partition coefficient (Wildman–Crippen LogP) is 3.59. The summed E-state index contributed by atoms with van der Waals surface area (Å²) in [5.41, 5.74) is 5.08. The van der Waals surface area contributed by atoms with Crippen LogP contribution in [0, 0.1) is 0 Å². The molecule has 1 amide bonds. The van der Waals surface area contributed by atoms with Crippen LogP contribution in [-0.4, -0.2) is 12.1 Å². The van der Waals surface area contributed by atoms with E-state index in [0.29, 0.717) is 12.1 Å². The lowest BCUT2D eigenvalue weighted by atomic mass is 10.1. The third-order valence-electron chi connectivity index (χ3n) is 3.04. The minimum atomic E-state index is -0.216. The van der Waals surface area contributed by atoms with E-state index in [9.17, 15) is 4.79 Å². The van der Waals surface area contributed by atoms with Crippen LogP contribution in [0.15, 0.2) is 71.9 Å². The average Bonchev–Trinajstić information content (AvgIpc) is 2.58. The first-order chi connectivity index (χ1) is 10.8. The molecular weight excluding hydrogens is 274 g/mol. The van der Waals surface area contributed by atoms with E-state index in [1.54, 1.807) is 18.4 Å². The molecule has 2 aromatic rings. The van der Waals surface area contributed by atoms with Gasteiger partial charge >= 0.3 is 0 Å². The van der Waals surface area contributed by atoms with E-state index < -0.39 is 0 Å². The van der Waals surface area contributed by atoms with Crippen molar-refractivity contribution in [3.63, 3.8) is 0 Å². The highest BCUT2D eigenvalue weighted by Crippen LogP contribution is 2.12. The molecule has 22 heavy (non-hydrogen) atoms. The van der Waals surface area contributed by atoms with E-state index in [1.807, 2.05) is 61.5 Å². The molecule has 0 atom stereocenters. The largest absolute Gasteiger partial charge is 0.381 e. The van der Waals surface area contributed by atoms with Gasteiger partial charge in [-0.3, -0.25) is 4.79 Å². The standard InChI is InChI=1S/C18H19N3O/c1-2-3-13-20-21-18(22)17-12-8-7-9-15(17)14-19-16-10-5-4-6-11-16/h2-13,19H,14H2,1H3,(H,21,22)/b3-2+,20-13+. The van der Waals surface area contributed by atoms with Crippen molar-refractivity contribution in [2.45, 2.75) is 13.5 Å². The molecule has 0 aliphatic carbocycles. The fraction of sp³-hybridized carbons (Fsp3) is 0.111. The number of hydrogen-bond acceptors (Lipinski definition) is 3. The number of nitrogens with one attached hydrogen (secondary N) is 2. The van der Waals surface area contributed by atoms with Crippen molar-refractivity contribution in [1.29, 1.82) is 0 Å². The Morgan fingerprint density at radius 2 is 1.82 bits per heavy atom. The van der Waals surface area contributed by atoms with Crippen LogP contribution in [0.5, 0.6) is 0 Å². The summed E-state index contributed by atoms with van der Waals surface area (Å²) in [7, 11) is 0. The number of rotatable bonds is 6. The second kappa shape index (κ2) is 8.42. The summed E-state index contributed by atoms with van der Waals surface area (Å²) in [6.07, 6.45) is 5.14. The van der Waals surface area contributed by atoms with Gasteiger partial charge in [0.2, 0.25) is 0 Å². The fourth-order valence-corrected chi connectivity index (χ4v) is 1.93. The molecule has 0 unspecified atom stereocenters. The van der Waals surface area contributed by atoms with Crippen molar-refractivity contribution in [3.8, 4) is 0 Å². The zero-order valence-corrected chi connectivity index (χ0v) is 12.5. The fourth-order valence-electron chi connectivity index (χ4n) is 1.93. The van der Waals surface area contributed by atoms with Crippen LogP contribution in [0.1, 0.15) is 22.8 Å². The number of carbonyl (C=O) groups excluding carboxylic acids is 1. The molecule has 0 aliphatic heterocycles. The number of hydrazone groups is 1. The smallest absolute Gasteiger partial charge is 0.271 e. The molecule has 0 heterocycles. The maximum Gasteiger partial charge on any atom is 0.271 e. The lowest BCUT2D eigenvalue weighted by Gasteiger charge is -2.10. The lowest BCUT2D eigenvalue weighted by Crippen LogP contribution is -2.20.